The van der Waals surface area contributed by atoms with E-state index in [1.165, 1.54) is 29.2 Å². The average Bonchev–Trinajstić information content (AvgIpc) is 3.57. The van der Waals surface area contributed by atoms with Gasteiger partial charge < -0.3 is 0 Å². The maximum atomic E-state index is 2.57. The summed E-state index contributed by atoms with van der Waals surface area (Å²) in [7, 11) is 0. The number of allylic oxidation sites excluding steroid dienone is 5. The fourth-order valence-corrected chi connectivity index (χ4v) is 7.42. The smallest absolute Gasteiger partial charge is 0.0361 e. The molecule has 2 fully saturated rings. The number of benzene rings is 3. The van der Waals surface area contributed by atoms with Gasteiger partial charge in [0.2, 0.25) is 0 Å². The highest BCUT2D eigenvalue weighted by Gasteiger charge is 2.73. The summed E-state index contributed by atoms with van der Waals surface area (Å²) in [5.74, 6) is 1.57. The molecule has 120 valence electrons. The van der Waals surface area contributed by atoms with E-state index in [2.05, 4.69) is 60.7 Å². The normalized spacial score (nSPS) is 37.5. The van der Waals surface area contributed by atoms with E-state index < -0.39 is 0 Å². The zero-order valence-electron chi connectivity index (χ0n) is 14.3. The van der Waals surface area contributed by atoms with Crippen molar-refractivity contribution in [3.05, 3.63) is 82.5 Å². The zero-order valence-corrected chi connectivity index (χ0v) is 14.3. The molecule has 0 N–H and O–H groups in total. The van der Waals surface area contributed by atoms with E-state index >= 15 is 0 Å². The second kappa shape index (κ2) is 3.11. The predicted octanol–water partition coefficient (Wildman–Crippen LogP) is 6.10. The van der Waals surface area contributed by atoms with Crippen LogP contribution in [0.15, 0.2) is 60.2 Å². The van der Waals surface area contributed by atoms with Crippen LogP contribution in [0.3, 0.4) is 0 Å². The standard InChI is InChI=1S/C26H16/c1-2-14-3-4-15-7-9-25-10-8-17-19-11-18(19)16-6-5-13(1)20-21(14)23(15)26(25,12-25)24(17)22(16)20/h1-10,18-19H,11-12H2. The lowest BCUT2D eigenvalue weighted by Gasteiger charge is -2.41. The Kier molecular flexibility index (Phi) is 1.43. The van der Waals surface area contributed by atoms with Crippen LogP contribution < -0.4 is 0 Å². The van der Waals surface area contributed by atoms with E-state index in [1.807, 2.05) is 0 Å². The zero-order chi connectivity index (χ0) is 16.4. The third-order valence-corrected chi connectivity index (χ3v) is 8.56. The van der Waals surface area contributed by atoms with Crippen LogP contribution in [0.4, 0.5) is 0 Å². The molecule has 3 aromatic rings. The van der Waals surface area contributed by atoms with E-state index in [0.717, 1.165) is 11.8 Å². The Balaban J connectivity index is 1.70. The van der Waals surface area contributed by atoms with Crippen LogP contribution in [0.2, 0.25) is 0 Å². The lowest BCUT2D eigenvalue weighted by atomic mass is 9.61. The van der Waals surface area contributed by atoms with Crippen LogP contribution in [0.25, 0.3) is 33.2 Å². The Hall–Kier alpha value is -2.60. The highest BCUT2D eigenvalue weighted by atomic mass is 14.7. The molecular weight excluding hydrogens is 312 g/mol. The van der Waals surface area contributed by atoms with Crippen molar-refractivity contribution >= 4 is 33.2 Å². The van der Waals surface area contributed by atoms with Crippen molar-refractivity contribution in [2.45, 2.75) is 24.2 Å². The van der Waals surface area contributed by atoms with E-state index in [-0.39, 0.29) is 10.8 Å². The molecule has 0 aromatic heterocycles. The van der Waals surface area contributed by atoms with Crippen LogP contribution in [0.1, 0.15) is 41.0 Å². The Labute approximate surface area is 151 Å². The molecule has 0 bridgehead atoms. The second-order valence-corrected chi connectivity index (χ2v) is 9.39. The Bertz CT molecular complexity index is 1390. The molecule has 2 saturated carbocycles. The van der Waals surface area contributed by atoms with Crippen LogP contribution in [0, 0.1) is 11.3 Å². The quantitative estimate of drug-likeness (QED) is 0.437. The molecule has 0 heterocycles. The maximum Gasteiger partial charge on any atom is 0.0361 e. The molecule has 0 radical (unpaired) electrons. The summed E-state index contributed by atoms with van der Waals surface area (Å²) in [5, 5.41) is 6.00. The van der Waals surface area contributed by atoms with Gasteiger partial charge in [0.15, 0.2) is 0 Å². The van der Waals surface area contributed by atoms with Crippen LogP contribution in [0.5, 0.6) is 0 Å². The predicted molar refractivity (Wildman–Crippen MR) is 106 cm³/mol. The number of hydrogen-bond acceptors (Lipinski definition) is 0. The molecule has 4 atom stereocenters. The minimum Gasteiger partial charge on any atom is -0.0730 e. The van der Waals surface area contributed by atoms with Crippen molar-refractivity contribution in [1.29, 1.82) is 0 Å². The lowest BCUT2D eigenvalue weighted by molar-refractivity contribution is 0.690. The Morgan fingerprint density at radius 2 is 1.62 bits per heavy atom. The Morgan fingerprint density at radius 1 is 0.808 bits per heavy atom. The Morgan fingerprint density at radius 3 is 2.58 bits per heavy atom. The average molecular weight is 328 g/mol. The number of fused-ring (bicyclic) bond motifs is 3. The summed E-state index contributed by atoms with van der Waals surface area (Å²) in [6, 6.07) is 14.3. The van der Waals surface area contributed by atoms with Crippen LogP contribution >= 0.6 is 0 Å². The molecule has 4 unspecified atom stereocenters. The monoisotopic (exact) mass is 328 g/mol. The lowest BCUT2D eigenvalue weighted by Crippen LogP contribution is -2.30. The van der Waals surface area contributed by atoms with Gasteiger partial charge in [0.25, 0.3) is 0 Å². The van der Waals surface area contributed by atoms with E-state index in [4.69, 9.17) is 0 Å². The van der Waals surface area contributed by atoms with Crippen LogP contribution in [-0.2, 0) is 5.41 Å². The summed E-state index contributed by atoms with van der Waals surface area (Å²) >= 11 is 0. The fraction of sp³-hybridized carbons (Fsp3) is 0.231. The third kappa shape index (κ3) is 0.901. The SMILES string of the molecule is C1=CC23C=Cc4ccc5ccc6ccc7c8c6c5c4C2(C3)C8=C1C1CC71. The molecule has 0 nitrogen and oxygen atoms in total. The fourth-order valence-electron chi connectivity index (χ4n) is 7.42. The second-order valence-electron chi connectivity index (χ2n) is 9.39. The molecule has 6 aliphatic carbocycles. The highest BCUT2D eigenvalue weighted by molar-refractivity contribution is 6.21. The van der Waals surface area contributed by atoms with Crippen molar-refractivity contribution in [3.63, 3.8) is 0 Å². The van der Waals surface area contributed by atoms with Crippen LogP contribution in [-0.4, -0.2) is 0 Å². The molecule has 1 spiro atoms. The number of rotatable bonds is 0. The van der Waals surface area contributed by atoms with E-state index in [0.29, 0.717) is 0 Å². The molecule has 0 amide bonds. The maximum absolute atomic E-state index is 2.57. The molecule has 0 heteroatoms. The first-order chi connectivity index (χ1) is 12.8. The first-order valence-electron chi connectivity index (χ1n) is 9.99. The van der Waals surface area contributed by atoms with Gasteiger partial charge in [0, 0.05) is 10.8 Å². The largest absolute Gasteiger partial charge is 0.0730 e. The minimum atomic E-state index is 0.242. The van der Waals surface area contributed by atoms with Gasteiger partial charge in [-0.1, -0.05) is 60.7 Å². The first-order valence-corrected chi connectivity index (χ1v) is 9.99. The summed E-state index contributed by atoms with van der Waals surface area (Å²) in [6.07, 6.45) is 12.7. The molecule has 3 aromatic carbocycles. The molecule has 6 aliphatic rings. The summed E-state index contributed by atoms with van der Waals surface area (Å²) in [4.78, 5) is 0. The van der Waals surface area contributed by atoms with E-state index in [9.17, 15) is 0 Å². The number of hydrogen-bond donors (Lipinski definition) is 0. The highest BCUT2D eigenvalue weighted by Crippen LogP contribution is 2.81. The molecular formula is C26H16. The van der Waals surface area contributed by atoms with Crippen molar-refractivity contribution < 1.29 is 0 Å². The van der Waals surface area contributed by atoms with Crippen molar-refractivity contribution in [2.24, 2.45) is 11.3 Å². The van der Waals surface area contributed by atoms with E-state index in [1.54, 1.807) is 38.6 Å². The summed E-state index contributed by atoms with van der Waals surface area (Å²) in [5.41, 5.74) is 10.3. The summed E-state index contributed by atoms with van der Waals surface area (Å²) < 4.78 is 0. The molecule has 0 saturated heterocycles. The van der Waals surface area contributed by atoms with Gasteiger partial charge in [-0.15, -0.1) is 0 Å². The van der Waals surface area contributed by atoms with Crippen molar-refractivity contribution in [2.75, 3.05) is 0 Å². The van der Waals surface area contributed by atoms with Gasteiger partial charge >= 0.3 is 0 Å². The summed E-state index contributed by atoms with van der Waals surface area (Å²) in [6.45, 7) is 0. The third-order valence-electron chi connectivity index (χ3n) is 8.56. The van der Waals surface area contributed by atoms with Gasteiger partial charge in [-0.05, 0) is 79.6 Å². The molecule has 26 heavy (non-hydrogen) atoms. The molecule has 9 rings (SSSR count). The van der Waals surface area contributed by atoms with Gasteiger partial charge in [-0.2, -0.15) is 0 Å². The first kappa shape index (κ1) is 11.9. The van der Waals surface area contributed by atoms with Gasteiger partial charge in [0.05, 0.1) is 0 Å². The van der Waals surface area contributed by atoms with Gasteiger partial charge in [0.1, 0.15) is 0 Å². The van der Waals surface area contributed by atoms with Crippen molar-refractivity contribution in [3.8, 4) is 0 Å². The molecule has 0 aliphatic heterocycles. The topological polar surface area (TPSA) is 0 Å². The van der Waals surface area contributed by atoms with Gasteiger partial charge in [-0.25, -0.2) is 0 Å². The van der Waals surface area contributed by atoms with Gasteiger partial charge in [-0.3, -0.25) is 0 Å². The minimum absolute atomic E-state index is 0.242. The van der Waals surface area contributed by atoms with Crippen molar-refractivity contribution in [1.82, 2.24) is 0 Å².